The number of halogens is 1. The average Bonchev–Trinajstić information content (AvgIpc) is 2.66. The van der Waals surface area contributed by atoms with Crippen molar-refractivity contribution in [3.8, 4) is 0 Å². The zero-order valence-electron chi connectivity index (χ0n) is 12.3. The standard InChI is InChI=1S/C15H20ClN3O/c1-5-19-13(15(16)11(4)18-19)8-14(20)12-7-6-9(2)17-10(12)3/h6-7,14,20H,5,8H2,1-4H3. The lowest BCUT2D eigenvalue weighted by atomic mass is 10.0. The number of hydrogen-bond acceptors (Lipinski definition) is 3. The van der Waals surface area contributed by atoms with Crippen LogP contribution < -0.4 is 0 Å². The van der Waals surface area contributed by atoms with Crippen molar-refractivity contribution in [1.82, 2.24) is 14.8 Å². The molecule has 0 aliphatic carbocycles. The lowest BCUT2D eigenvalue weighted by molar-refractivity contribution is 0.174. The lowest BCUT2D eigenvalue weighted by Crippen LogP contribution is -2.10. The summed E-state index contributed by atoms with van der Waals surface area (Å²) in [5, 5.41) is 15.5. The molecule has 1 N–H and O–H groups in total. The molecule has 108 valence electrons. The van der Waals surface area contributed by atoms with Gasteiger partial charge in [0.15, 0.2) is 0 Å². The van der Waals surface area contributed by atoms with E-state index >= 15 is 0 Å². The third-order valence-electron chi connectivity index (χ3n) is 3.46. The van der Waals surface area contributed by atoms with Crippen LogP contribution in [0.25, 0.3) is 0 Å². The van der Waals surface area contributed by atoms with E-state index in [9.17, 15) is 5.11 Å². The molecule has 0 saturated heterocycles. The van der Waals surface area contributed by atoms with Gasteiger partial charge in [-0.2, -0.15) is 5.10 Å². The van der Waals surface area contributed by atoms with E-state index in [2.05, 4.69) is 10.1 Å². The first kappa shape index (κ1) is 15.0. The van der Waals surface area contributed by atoms with E-state index in [0.29, 0.717) is 11.4 Å². The number of aryl methyl sites for hydroxylation is 4. The summed E-state index contributed by atoms with van der Waals surface area (Å²) in [5.41, 5.74) is 4.32. The van der Waals surface area contributed by atoms with Crippen LogP contribution in [0.15, 0.2) is 12.1 Å². The molecular weight excluding hydrogens is 274 g/mol. The fourth-order valence-electron chi connectivity index (χ4n) is 2.41. The largest absolute Gasteiger partial charge is 0.388 e. The summed E-state index contributed by atoms with van der Waals surface area (Å²) >= 11 is 6.28. The predicted octanol–water partition coefficient (Wildman–Crippen LogP) is 3.15. The molecule has 0 radical (unpaired) electrons. The second kappa shape index (κ2) is 5.94. The number of hydrogen-bond donors (Lipinski definition) is 1. The third kappa shape index (κ3) is 2.86. The van der Waals surface area contributed by atoms with Gasteiger partial charge in [0.05, 0.1) is 22.5 Å². The van der Waals surface area contributed by atoms with Crippen molar-refractivity contribution >= 4 is 11.6 Å². The maximum Gasteiger partial charge on any atom is 0.0863 e. The van der Waals surface area contributed by atoms with Crippen LogP contribution in [0.1, 0.15) is 41.4 Å². The number of nitrogens with zero attached hydrogens (tertiary/aromatic N) is 3. The van der Waals surface area contributed by atoms with E-state index in [1.165, 1.54) is 0 Å². The van der Waals surface area contributed by atoms with Gasteiger partial charge < -0.3 is 5.11 Å². The molecule has 0 bridgehead atoms. The van der Waals surface area contributed by atoms with Crippen molar-refractivity contribution in [2.45, 2.75) is 46.8 Å². The molecule has 0 spiro atoms. The Morgan fingerprint density at radius 3 is 2.55 bits per heavy atom. The molecule has 20 heavy (non-hydrogen) atoms. The fourth-order valence-corrected chi connectivity index (χ4v) is 2.62. The van der Waals surface area contributed by atoms with Gasteiger partial charge in [0.1, 0.15) is 0 Å². The topological polar surface area (TPSA) is 50.9 Å². The van der Waals surface area contributed by atoms with Gasteiger partial charge in [-0.3, -0.25) is 9.67 Å². The van der Waals surface area contributed by atoms with Crippen molar-refractivity contribution in [2.75, 3.05) is 0 Å². The molecule has 0 aromatic carbocycles. The Labute approximate surface area is 124 Å². The molecule has 2 aromatic heterocycles. The van der Waals surface area contributed by atoms with Crippen molar-refractivity contribution < 1.29 is 5.11 Å². The van der Waals surface area contributed by atoms with Crippen LogP contribution in [-0.4, -0.2) is 19.9 Å². The summed E-state index contributed by atoms with van der Waals surface area (Å²) in [5.74, 6) is 0. The molecule has 5 heteroatoms. The first-order chi connectivity index (χ1) is 9.43. The molecule has 2 rings (SSSR count). The quantitative estimate of drug-likeness (QED) is 0.942. The van der Waals surface area contributed by atoms with Gasteiger partial charge in [0, 0.05) is 29.9 Å². The van der Waals surface area contributed by atoms with Crippen LogP contribution in [0, 0.1) is 20.8 Å². The van der Waals surface area contributed by atoms with E-state index < -0.39 is 6.10 Å². The molecule has 2 aromatic rings. The predicted molar refractivity (Wildman–Crippen MR) is 80.0 cm³/mol. The van der Waals surface area contributed by atoms with E-state index in [1.807, 2.05) is 44.5 Å². The number of pyridine rings is 1. The molecular formula is C15H20ClN3O. The summed E-state index contributed by atoms with van der Waals surface area (Å²) < 4.78 is 1.85. The Morgan fingerprint density at radius 1 is 1.25 bits per heavy atom. The Bertz CT molecular complexity index is 622. The molecule has 2 heterocycles. The smallest absolute Gasteiger partial charge is 0.0863 e. The Hall–Kier alpha value is -1.39. The minimum absolute atomic E-state index is 0.444. The van der Waals surface area contributed by atoms with E-state index in [1.54, 1.807) is 0 Å². The zero-order valence-corrected chi connectivity index (χ0v) is 13.1. The molecule has 4 nitrogen and oxygen atoms in total. The highest BCUT2D eigenvalue weighted by molar-refractivity contribution is 6.31. The molecule has 0 aliphatic rings. The molecule has 0 fully saturated rings. The molecule has 1 unspecified atom stereocenters. The average molecular weight is 294 g/mol. The van der Waals surface area contributed by atoms with Gasteiger partial charge in [-0.25, -0.2) is 0 Å². The number of aliphatic hydroxyl groups is 1. The Kier molecular flexibility index (Phi) is 4.45. The normalized spacial score (nSPS) is 12.7. The summed E-state index contributed by atoms with van der Waals surface area (Å²) in [6, 6.07) is 3.84. The molecule has 0 amide bonds. The SMILES string of the molecule is CCn1nc(C)c(Cl)c1CC(O)c1ccc(C)nc1C. The van der Waals surface area contributed by atoms with Gasteiger partial charge >= 0.3 is 0 Å². The van der Waals surface area contributed by atoms with Crippen molar-refractivity contribution in [2.24, 2.45) is 0 Å². The number of aliphatic hydroxyl groups excluding tert-OH is 1. The highest BCUT2D eigenvalue weighted by atomic mass is 35.5. The van der Waals surface area contributed by atoms with Crippen LogP contribution in [-0.2, 0) is 13.0 Å². The Balaban J connectivity index is 2.30. The van der Waals surface area contributed by atoms with Crippen LogP contribution in [0.3, 0.4) is 0 Å². The van der Waals surface area contributed by atoms with Gasteiger partial charge in [-0.05, 0) is 33.8 Å². The van der Waals surface area contributed by atoms with E-state index in [-0.39, 0.29) is 0 Å². The van der Waals surface area contributed by atoms with Crippen LogP contribution >= 0.6 is 11.6 Å². The molecule has 0 saturated carbocycles. The minimum atomic E-state index is -0.623. The molecule has 0 aliphatic heterocycles. The minimum Gasteiger partial charge on any atom is -0.388 e. The first-order valence-corrected chi connectivity index (χ1v) is 7.15. The fraction of sp³-hybridized carbons (Fsp3) is 0.467. The van der Waals surface area contributed by atoms with Gasteiger partial charge in [-0.15, -0.1) is 0 Å². The van der Waals surface area contributed by atoms with Crippen molar-refractivity contribution in [1.29, 1.82) is 0 Å². The monoisotopic (exact) mass is 293 g/mol. The highest BCUT2D eigenvalue weighted by Crippen LogP contribution is 2.27. The number of aromatic nitrogens is 3. The summed E-state index contributed by atoms with van der Waals surface area (Å²) in [6.45, 7) is 8.48. The maximum atomic E-state index is 10.5. The maximum absolute atomic E-state index is 10.5. The van der Waals surface area contributed by atoms with Crippen LogP contribution in [0.4, 0.5) is 0 Å². The second-order valence-corrected chi connectivity index (χ2v) is 5.39. The van der Waals surface area contributed by atoms with Gasteiger partial charge in [0.25, 0.3) is 0 Å². The molecule has 1 atom stereocenters. The highest BCUT2D eigenvalue weighted by Gasteiger charge is 2.19. The van der Waals surface area contributed by atoms with Gasteiger partial charge in [0.2, 0.25) is 0 Å². The van der Waals surface area contributed by atoms with Gasteiger partial charge in [-0.1, -0.05) is 17.7 Å². The van der Waals surface area contributed by atoms with E-state index in [4.69, 9.17) is 11.6 Å². The Morgan fingerprint density at radius 2 is 1.95 bits per heavy atom. The second-order valence-electron chi connectivity index (χ2n) is 5.01. The zero-order chi connectivity index (χ0) is 14.9. The number of rotatable bonds is 4. The first-order valence-electron chi connectivity index (χ1n) is 6.78. The van der Waals surface area contributed by atoms with Crippen LogP contribution in [0.2, 0.25) is 5.02 Å². The summed E-state index contributed by atoms with van der Waals surface area (Å²) in [6.07, 6.45) is -0.180. The summed E-state index contributed by atoms with van der Waals surface area (Å²) in [7, 11) is 0. The lowest BCUT2D eigenvalue weighted by Gasteiger charge is -2.14. The van der Waals surface area contributed by atoms with Crippen molar-refractivity contribution in [3.05, 3.63) is 45.5 Å². The van der Waals surface area contributed by atoms with Crippen LogP contribution in [0.5, 0.6) is 0 Å². The third-order valence-corrected chi connectivity index (χ3v) is 3.96. The van der Waals surface area contributed by atoms with E-state index in [0.717, 1.165) is 34.9 Å². The van der Waals surface area contributed by atoms with Crippen molar-refractivity contribution in [3.63, 3.8) is 0 Å². The summed E-state index contributed by atoms with van der Waals surface area (Å²) in [4.78, 5) is 4.39.